The Morgan fingerprint density at radius 2 is 2.17 bits per heavy atom. The number of halogens is 1. The highest BCUT2D eigenvalue weighted by molar-refractivity contribution is 9.10. The number of nitrogens with two attached hydrogens (primary N) is 1. The minimum atomic E-state index is 0.0635. The summed E-state index contributed by atoms with van der Waals surface area (Å²) in [4.78, 5) is 0. The molecule has 0 aliphatic heterocycles. The van der Waals surface area contributed by atoms with Gasteiger partial charge >= 0.3 is 0 Å². The van der Waals surface area contributed by atoms with Gasteiger partial charge in [-0.2, -0.15) is 0 Å². The quantitative estimate of drug-likeness (QED) is 0.266. The molecule has 1 rings (SSSR count). The first-order valence-corrected chi connectivity index (χ1v) is 6.46. The monoisotopic (exact) mass is 316 g/mol. The molecule has 1 aromatic rings. The number of benzene rings is 1. The summed E-state index contributed by atoms with van der Waals surface area (Å²) in [5, 5.41) is 11.5. The van der Waals surface area contributed by atoms with Gasteiger partial charge in [0.15, 0.2) is 5.84 Å². The molecule has 5 nitrogen and oxygen atoms in total. The fraction of sp³-hybridized carbons (Fsp3) is 0.417. The van der Waals surface area contributed by atoms with Crippen molar-refractivity contribution in [3.8, 4) is 5.75 Å². The van der Waals surface area contributed by atoms with E-state index in [4.69, 9.17) is 20.4 Å². The fourth-order valence-corrected chi connectivity index (χ4v) is 1.79. The normalized spacial score (nSPS) is 11.6. The van der Waals surface area contributed by atoms with Crippen molar-refractivity contribution in [2.24, 2.45) is 10.9 Å². The number of amidine groups is 1. The molecule has 1 aromatic carbocycles. The lowest BCUT2D eigenvalue weighted by molar-refractivity contribution is 0.100. The molecule has 100 valence electrons. The summed E-state index contributed by atoms with van der Waals surface area (Å²) in [6.07, 6.45) is 0.998. The lowest BCUT2D eigenvalue weighted by Gasteiger charge is -2.09. The van der Waals surface area contributed by atoms with E-state index < -0.39 is 0 Å². The minimum absolute atomic E-state index is 0.0635. The second kappa shape index (κ2) is 7.94. The molecule has 0 spiro atoms. The minimum Gasteiger partial charge on any atom is -0.490 e. The Balaban J connectivity index is 2.52. The van der Waals surface area contributed by atoms with E-state index in [1.807, 2.05) is 0 Å². The molecule has 0 radical (unpaired) electrons. The van der Waals surface area contributed by atoms with E-state index in [-0.39, 0.29) is 5.84 Å². The molecule has 0 amide bonds. The van der Waals surface area contributed by atoms with Crippen LogP contribution in [0.25, 0.3) is 0 Å². The lowest BCUT2D eigenvalue weighted by atomic mass is 10.2. The standard InChI is InChI=1S/C12H17BrN2O3/c1-2-5-17-6-7-18-11-4-3-9(8-10(11)13)12(14)15-16/h3-4,8,16H,2,5-7H2,1H3,(H2,14,15). The molecule has 0 unspecified atom stereocenters. The highest BCUT2D eigenvalue weighted by atomic mass is 79.9. The van der Waals surface area contributed by atoms with Crippen LogP contribution in [-0.4, -0.2) is 30.9 Å². The molecule has 18 heavy (non-hydrogen) atoms. The van der Waals surface area contributed by atoms with E-state index in [0.29, 0.717) is 24.5 Å². The summed E-state index contributed by atoms with van der Waals surface area (Å²) in [5.41, 5.74) is 6.11. The Labute approximate surface area is 115 Å². The molecule has 6 heteroatoms. The van der Waals surface area contributed by atoms with E-state index in [2.05, 4.69) is 28.0 Å². The second-order valence-electron chi connectivity index (χ2n) is 3.59. The topological polar surface area (TPSA) is 77.1 Å². The van der Waals surface area contributed by atoms with Crippen LogP contribution in [0.2, 0.25) is 0 Å². The van der Waals surface area contributed by atoms with Gasteiger partial charge in [-0.25, -0.2) is 0 Å². The van der Waals surface area contributed by atoms with Gasteiger partial charge in [0.1, 0.15) is 12.4 Å². The van der Waals surface area contributed by atoms with E-state index in [1.54, 1.807) is 18.2 Å². The molecule has 0 aromatic heterocycles. The Morgan fingerprint density at radius 1 is 1.39 bits per heavy atom. The Morgan fingerprint density at radius 3 is 2.78 bits per heavy atom. The zero-order valence-electron chi connectivity index (χ0n) is 10.2. The molecule has 0 saturated carbocycles. The van der Waals surface area contributed by atoms with Crippen LogP contribution in [0.3, 0.4) is 0 Å². The predicted octanol–water partition coefficient (Wildman–Crippen LogP) is 2.35. The molecule has 0 bridgehead atoms. The smallest absolute Gasteiger partial charge is 0.170 e. The Kier molecular flexibility index (Phi) is 6.53. The zero-order chi connectivity index (χ0) is 13.4. The van der Waals surface area contributed by atoms with Crippen molar-refractivity contribution in [3.63, 3.8) is 0 Å². The largest absolute Gasteiger partial charge is 0.490 e. The van der Waals surface area contributed by atoms with Crippen molar-refractivity contribution < 1.29 is 14.7 Å². The maximum atomic E-state index is 8.57. The molecule has 0 fully saturated rings. The molecule has 0 saturated heterocycles. The predicted molar refractivity (Wildman–Crippen MR) is 73.3 cm³/mol. The van der Waals surface area contributed by atoms with Crippen molar-refractivity contribution >= 4 is 21.8 Å². The van der Waals surface area contributed by atoms with Crippen molar-refractivity contribution in [2.75, 3.05) is 19.8 Å². The molecule has 3 N–H and O–H groups in total. The number of hydrogen-bond donors (Lipinski definition) is 2. The number of rotatable bonds is 7. The van der Waals surface area contributed by atoms with Crippen LogP contribution in [0.4, 0.5) is 0 Å². The number of hydrogen-bond acceptors (Lipinski definition) is 4. The molecular formula is C12H17BrN2O3. The highest BCUT2D eigenvalue weighted by Gasteiger charge is 2.05. The zero-order valence-corrected chi connectivity index (χ0v) is 11.8. The van der Waals surface area contributed by atoms with Gasteiger partial charge in [-0.05, 0) is 40.5 Å². The number of oxime groups is 1. The van der Waals surface area contributed by atoms with Crippen LogP contribution in [0.1, 0.15) is 18.9 Å². The second-order valence-corrected chi connectivity index (χ2v) is 4.45. The molecular weight excluding hydrogens is 300 g/mol. The average Bonchev–Trinajstić information content (AvgIpc) is 2.39. The summed E-state index contributed by atoms with van der Waals surface area (Å²) in [7, 11) is 0. The summed E-state index contributed by atoms with van der Waals surface area (Å²) < 4.78 is 11.6. The molecule has 0 atom stereocenters. The number of ether oxygens (including phenoxy) is 2. The molecule has 0 heterocycles. The molecule has 0 aliphatic carbocycles. The third kappa shape index (κ3) is 4.54. The van der Waals surface area contributed by atoms with Gasteiger partial charge in [0.25, 0.3) is 0 Å². The molecule has 0 aliphatic rings. The number of nitrogens with zero attached hydrogens (tertiary/aromatic N) is 1. The van der Waals surface area contributed by atoms with Crippen LogP contribution in [-0.2, 0) is 4.74 Å². The lowest BCUT2D eigenvalue weighted by Crippen LogP contribution is -2.13. The van der Waals surface area contributed by atoms with Crippen LogP contribution >= 0.6 is 15.9 Å². The summed E-state index contributed by atoms with van der Waals surface area (Å²) >= 11 is 3.37. The maximum Gasteiger partial charge on any atom is 0.170 e. The maximum absolute atomic E-state index is 8.57. The summed E-state index contributed by atoms with van der Waals surface area (Å²) in [6.45, 7) is 3.85. The Hall–Kier alpha value is -1.27. The first kappa shape index (κ1) is 14.8. The highest BCUT2D eigenvalue weighted by Crippen LogP contribution is 2.25. The van der Waals surface area contributed by atoms with Crippen molar-refractivity contribution in [2.45, 2.75) is 13.3 Å². The van der Waals surface area contributed by atoms with Crippen molar-refractivity contribution in [1.29, 1.82) is 0 Å². The van der Waals surface area contributed by atoms with Crippen LogP contribution in [0.15, 0.2) is 27.8 Å². The first-order chi connectivity index (χ1) is 8.69. The third-order valence-electron chi connectivity index (χ3n) is 2.17. The Bertz CT molecular complexity index is 410. The summed E-state index contributed by atoms with van der Waals surface area (Å²) in [5.74, 6) is 0.762. The third-order valence-corrected chi connectivity index (χ3v) is 2.79. The van der Waals surface area contributed by atoms with Crippen molar-refractivity contribution in [1.82, 2.24) is 0 Å². The van der Waals surface area contributed by atoms with E-state index in [1.165, 1.54) is 0 Å². The van der Waals surface area contributed by atoms with Gasteiger partial charge in [-0.3, -0.25) is 0 Å². The van der Waals surface area contributed by atoms with Crippen LogP contribution in [0.5, 0.6) is 5.75 Å². The fourth-order valence-electron chi connectivity index (χ4n) is 1.29. The van der Waals surface area contributed by atoms with Gasteiger partial charge in [-0.15, -0.1) is 0 Å². The van der Waals surface area contributed by atoms with Gasteiger partial charge in [-0.1, -0.05) is 12.1 Å². The van der Waals surface area contributed by atoms with E-state index in [0.717, 1.165) is 17.5 Å². The van der Waals surface area contributed by atoms with Crippen molar-refractivity contribution in [3.05, 3.63) is 28.2 Å². The van der Waals surface area contributed by atoms with Gasteiger partial charge in [0.2, 0.25) is 0 Å². The van der Waals surface area contributed by atoms with E-state index >= 15 is 0 Å². The first-order valence-electron chi connectivity index (χ1n) is 5.67. The van der Waals surface area contributed by atoms with E-state index in [9.17, 15) is 0 Å². The van der Waals surface area contributed by atoms with Crippen LogP contribution in [0, 0.1) is 0 Å². The SMILES string of the molecule is CCCOCCOc1ccc(/C(N)=N/O)cc1Br. The van der Waals surface area contributed by atoms with Gasteiger partial charge in [0.05, 0.1) is 11.1 Å². The average molecular weight is 317 g/mol. The van der Waals surface area contributed by atoms with Gasteiger partial charge in [0, 0.05) is 12.2 Å². The van der Waals surface area contributed by atoms with Crippen LogP contribution < -0.4 is 10.5 Å². The van der Waals surface area contributed by atoms with Gasteiger partial charge < -0.3 is 20.4 Å². The summed E-state index contributed by atoms with van der Waals surface area (Å²) in [6, 6.07) is 5.22.